The number of non-ortho nitro benzene ring substituents is 1. The summed E-state index contributed by atoms with van der Waals surface area (Å²) in [6, 6.07) is 8.79. The van der Waals surface area contributed by atoms with Crippen LogP contribution in [-0.2, 0) is 6.73 Å². The van der Waals surface area contributed by atoms with Crippen LogP contribution in [0, 0.1) is 17.0 Å². The molecule has 1 amide bonds. The zero-order valence-electron chi connectivity index (χ0n) is 17.1. The Labute approximate surface area is 183 Å². The molecule has 0 aliphatic heterocycles. The van der Waals surface area contributed by atoms with E-state index in [0.29, 0.717) is 5.69 Å². The number of nitro benzene ring substituents is 1. The largest absolute Gasteiger partial charge is 0.508 e. The summed E-state index contributed by atoms with van der Waals surface area (Å²) in [6.45, 7) is 5.66. The number of nitrogens with zero attached hydrogens (tertiary/aromatic N) is 3. The van der Waals surface area contributed by atoms with Gasteiger partial charge in [-0.15, -0.1) is 0 Å². The highest BCUT2D eigenvalue weighted by Gasteiger charge is 2.15. The molecule has 9 nitrogen and oxygen atoms in total. The number of benzene rings is 2. The van der Waals surface area contributed by atoms with Gasteiger partial charge in [0, 0.05) is 24.0 Å². The lowest BCUT2D eigenvalue weighted by Gasteiger charge is -2.14. The molecule has 0 spiro atoms. The molecule has 2 aromatic carbocycles. The Hall–Kier alpha value is -3.59. The fraction of sp³-hybridized carbons (Fsp3) is 0.238. The van der Waals surface area contributed by atoms with Crippen LogP contribution in [0.4, 0.5) is 11.4 Å². The first-order chi connectivity index (χ1) is 14.7. The van der Waals surface area contributed by atoms with Gasteiger partial charge in [0.2, 0.25) is 0 Å². The van der Waals surface area contributed by atoms with E-state index in [4.69, 9.17) is 16.3 Å². The van der Waals surface area contributed by atoms with Gasteiger partial charge in [-0.05, 0) is 48.2 Å². The summed E-state index contributed by atoms with van der Waals surface area (Å²) in [4.78, 5) is 22.8. The highest BCUT2D eigenvalue weighted by atomic mass is 35.5. The third kappa shape index (κ3) is 5.13. The number of carbonyl (C=O) groups excluding carboxylic acids is 1. The smallest absolute Gasteiger partial charge is 0.276 e. The zero-order chi connectivity index (χ0) is 22.7. The van der Waals surface area contributed by atoms with Gasteiger partial charge in [-0.1, -0.05) is 25.4 Å². The van der Waals surface area contributed by atoms with Crippen LogP contribution in [0.3, 0.4) is 0 Å². The number of nitro groups is 1. The van der Waals surface area contributed by atoms with E-state index in [0.717, 1.165) is 11.1 Å². The van der Waals surface area contributed by atoms with Crippen LogP contribution >= 0.6 is 11.6 Å². The molecular weight excluding hydrogens is 424 g/mol. The number of phenols is 1. The van der Waals surface area contributed by atoms with Gasteiger partial charge in [0.1, 0.15) is 11.5 Å². The Balaban J connectivity index is 1.68. The molecule has 1 heterocycles. The minimum absolute atomic E-state index is 0.0411. The molecule has 0 saturated heterocycles. The number of ether oxygens (including phenoxy) is 1. The number of aromatic nitrogens is 2. The molecule has 0 radical (unpaired) electrons. The third-order valence-electron chi connectivity index (χ3n) is 4.60. The van der Waals surface area contributed by atoms with Crippen LogP contribution in [0.15, 0.2) is 42.6 Å². The van der Waals surface area contributed by atoms with Crippen molar-refractivity contribution < 1.29 is 19.6 Å². The minimum atomic E-state index is -0.548. The number of hydrogen-bond acceptors (Lipinski definition) is 6. The molecule has 3 rings (SSSR count). The molecule has 0 unspecified atom stereocenters. The van der Waals surface area contributed by atoms with Gasteiger partial charge in [-0.3, -0.25) is 14.9 Å². The monoisotopic (exact) mass is 444 g/mol. The number of hydrogen-bond donors (Lipinski definition) is 2. The molecular formula is C21H21ClN4O5. The van der Waals surface area contributed by atoms with Crippen molar-refractivity contribution in [2.45, 2.75) is 33.4 Å². The first kappa shape index (κ1) is 22.1. The maximum Gasteiger partial charge on any atom is 0.276 e. The summed E-state index contributed by atoms with van der Waals surface area (Å²) in [5.41, 5.74) is 2.10. The SMILES string of the molecule is Cc1cc(O)c(C(C)C)cc1NC(=O)c1ccn(COc2ccc([N+](=O)[O-])cc2Cl)n1. The van der Waals surface area contributed by atoms with Crippen molar-refractivity contribution in [1.29, 1.82) is 0 Å². The number of anilines is 1. The molecule has 3 aromatic rings. The summed E-state index contributed by atoms with van der Waals surface area (Å²) < 4.78 is 6.93. The van der Waals surface area contributed by atoms with Gasteiger partial charge < -0.3 is 15.2 Å². The van der Waals surface area contributed by atoms with E-state index >= 15 is 0 Å². The molecule has 0 aliphatic carbocycles. The molecule has 1 aromatic heterocycles. The summed E-state index contributed by atoms with van der Waals surface area (Å²) in [7, 11) is 0. The molecule has 0 fully saturated rings. The lowest BCUT2D eigenvalue weighted by molar-refractivity contribution is -0.384. The number of carbonyl (C=O) groups is 1. The Kier molecular flexibility index (Phi) is 6.45. The van der Waals surface area contributed by atoms with Crippen LogP contribution < -0.4 is 10.1 Å². The van der Waals surface area contributed by atoms with Crippen LogP contribution in [0.1, 0.15) is 41.4 Å². The van der Waals surface area contributed by atoms with Crippen LogP contribution in [-0.4, -0.2) is 25.7 Å². The van der Waals surface area contributed by atoms with E-state index in [1.165, 1.54) is 28.9 Å². The topological polar surface area (TPSA) is 120 Å². The normalized spacial score (nSPS) is 10.9. The van der Waals surface area contributed by atoms with Gasteiger partial charge in [-0.25, -0.2) is 4.68 Å². The zero-order valence-corrected chi connectivity index (χ0v) is 17.9. The van der Waals surface area contributed by atoms with Crippen LogP contribution in [0.25, 0.3) is 0 Å². The molecule has 0 atom stereocenters. The van der Waals surface area contributed by atoms with Crippen molar-refractivity contribution >= 4 is 28.9 Å². The number of nitrogens with one attached hydrogen (secondary N) is 1. The number of phenolic OH excluding ortho intramolecular Hbond substituents is 1. The van der Waals surface area contributed by atoms with Crippen molar-refractivity contribution in [3.05, 3.63) is 74.6 Å². The number of aryl methyl sites for hydroxylation is 1. The highest BCUT2D eigenvalue weighted by molar-refractivity contribution is 6.32. The maximum absolute atomic E-state index is 12.6. The predicted octanol–water partition coefficient (Wildman–Crippen LogP) is 4.87. The minimum Gasteiger partial charge on any atom is -0.508 e. The number of amides is 1. The molecule has 162 valence electrons. The Bertz CT molecular complexity index is 1140. The standard InChI is InChI=1S/C21H21ClN4O5/c1-12(2)15-10-18(13(3)8-19(15)27)23-21(28)17-6-7-25(24-17)11-31-20-5-4-14(26(29)30)9-16(20)22/h4-10,12,27H,11H2,1-3H3,(H,23,28). The summed E-state index contributed by atoms with van der Waals surface area (Å²) in [5.74, 6) is 0.140. The fourth-order valence-electron chi connectivity index (χ4n) is 2.90. The first-order valence-corrected chi connectivity index (χ1v) is 9.78. The van der Waals surface area contributed by atoms with Crippen LogP contribution in [0.2, 0.25) is 5.02 Å². The number of rotatable bonds is 7. The van der Waals surface area contributed by atoms with Crippen molar-refractivity contribution in [1.82, 2.24) is 9.78 Å². The molecule has 31 heavy (non-hydrogen) atoms. The third-order valence-corrected chi connectivity index (χ3v) is 4.89. The molecule has 2 N–H and O–H groups in total. The highest BCUT2D eigenvalue weighted by Crippen LogP contribution is 2.31. The number of aromatic hydroxyl groups is 1. The molecule has 0 saturated carbocycles. The molecule has 0 aliphatic rings. The van der Waals surface area contributed by atoms with Crippen molar-refractivity contribution in [3.63, 3.8) is 0 Å². The van der Waals surface area contributed by atoms with E-state index in [1.807, 2.05) is 13.8 Å². The summed E-state index contributed by atoms with van der Waals surface area (Å²) >= 11 is 6.01. The van der Waals surface area contributed by atoms with Crippen molar-refractivity contribution in [3.8, 4) is 11.5 Å². The first-order valence-electron chi connectivity index (χ1n) is 9.40. The maximum atomic E-state index is 12.6. The Morgan fingerprint density at radius 1 is 1.32 bits per heavy atom. The van der Waals surface area contributed by atoms with E-state index in [2.05, 4.69) is 10.4 Å². The second-order valence-electron chi connectivity index (χ2n) is 7.22. The number of halogens is 1. The second-order valence-corrected chi connectivity index (χ2v) is 7.63. The van der Waals surface area contributed by atoms with Gasteiger partial charge in [0.25, 0.3) is 11.6 Å². The van der Waals surface area contributed by atoms with Gasteiger partial charge in [0.05, 0.1) is 9.95 Å². The van der Waals surface area contributed by atoms with Crippen LogP contribution in [0.5, 0.6) is 11.5 Å². The van der Waals surface area contributed by atoms with E-state index in [1.54, 1.807) is 25.3 Å². The van der Waals surface area contributed by atoms with E-state index in [9.17, 15) is 20.0 Å². The van der Waals surface area contributed by atoms with Crippen molar-refractivity contribution in [2.24, 2.45) is 0 Å². The average Bonchev–Trinajstić information content (AvgIpc) is 3.17. The predicted molar refractivity (Wildman–Crippen MR) is 116 cm³/mol. The lowest BCUT2D eigenvalue weighted by atomic mass is 9.99. The van der Waals surface area contributed by atoms with Gasteiger partial charge in [0.15, 0.2) is 12.4 Å². The Morgan fingerprint density at radius 3 is 2.71 bits per heavy atom. The quantitative estimate of drug-likeness (QED) is 0.304. The van der Waals surface area contributed by atoms with Crippen molar-refractivity contribution in [2.75, 3.05) is 5.32 Å². The lowest BCUT2D eigenvalue weighted by Crippen LogP contribution is -2.15. The van der Waals surface area contributed by atoms with Gasteiger partial charge in [-0.2, -0.15) is 5.10 Å². The van der Waals surface area contributed by atoms with Gasteiger partial charge >= 0.3 is 0 Å². The molecule has 0 bridgehead atoms. The summed E-state index contributed by atoms with van der Waals surface area (Å²) in [6.07, 6.45) is 1.57. The molecule has 10 heteroatoms. The fourth-order valence-corrected chi connectivity index (χ4v) is 3.13. The van der Waals surface area contributed by atoms with E-state index < -0.39 is 10.8 Å². The Morgan fingerprint density at radius 2 is 2.06 bits per heavy atom. The van der Waals surface area contributed by atoms with E-state index in [-0.39, 0.29) is 40.6 Å². The second kappa shape index (κ2) is 9.05. The average molecular weight is 445 g/mol. The summed E-state index contributed by atoms with van der Waals surface area (Å²) in [5, 5.41) is 27.9.